The molecule has 3 aromatic rings. The van der Waals surface area contributed by atoms with Crippen LogP contribution in [0.4, 0.5) is 0 Å². The normalized spacial score (nSPS) is 10.6. The number of hydrogen-bond donors (Lipinski definition) is 1. The van der Waals surface area contributed by atoms with E-state index in [1.54, 1.807) is 54.6 Å². The van der Waals surface area contributed by atoms with Crippen molar-refractivity contribution in [2.45, 2.75) is 26.7 Å². The third kappa shape index (κ3) is 8.51. The lowest BCUT2D eigenvalue weighted by Gasteiger charge is -2.12. The molecule has 0 atom stereocenters. The third-order valence-electron chi connectivity index (χ3n) is 5.13. The summed E-state index contributed by atoms with van der Waals surface area (Å²) in [7, 11) is 0. The zero-order valence-corrected chi connectivity index (χ0v) is 21.6. The van der Waals surface area contributed by atoms with Crippen LogP contribution in [0.25, 0.3) is 0 Å². The van der Waals surface area contributed by atoms with Crippen LogP contribution in [0.3, 0.4) is 0 Å². The van der Waals surface area contributed by atoms with Crippen LogP contribution in [0.2, 0.25) is 0 Å². The molecule has 0 aliphatic carbocycles. The number of amides is 1. The molecule has 0 heterocycles. The minimum absolute atomic E-state index is 0.184. The smallest absolute Gasteiger partial charge is 0.343 e. The molecule has 0 aromatic heterocycles. The molecule has 0 spiro atoms. The molecule has 0 saturated carbocycles. The van der Waals surface area contributed by atoms with Crippen LogP contribution < -0.4 is 24.4 Å². The standard InChI is InChI=1S/C30H32N2O6/c1-4-9-23-10-7-8-11-26(23)37-21-29(33)32-31-20-22-12-17-27(28(19-22)35-6-3)38-30(34)24-13-15-25(16-14-24)36-18-5-2/h4,7-8,10-17,19-20H,1,5-6,9,18,21H2,2-3H3,(H,32,33). The van der Waals surface area contributed by atoms with Crippen molar-refractivity contribution in [2.24, 2.45) is 5.10 Å². The Morgan fingerprint density at radius 3 is 2.45 bits per heavy atom. The molecule has 0 aliphatic heterocycles. The summed E-state index contributed by atoms with van der Waals surface area (Å²) in [6.45, 7) is 8.38. The first-order chi connectivity index (χ1) is 18.5. The Morgan fingerprint density at radius 2 is 1.71 bits per heavy atom. The van der Waals surface area contributed by atoms with E-state index >= 15 is 0 Å². The van der Waals surface area contributed by atoms with Gasteiger partial charge in [0.15, 0.2) is 18.1 Å². The van der Waals surface area contributed by atoms with Crippen molar-refractivity contribution in [2.75, 3.05) is 19.8 Å². The molecule has 1 N–H and O–H groups in total. The van der Waals surface area contributed by atoms with Gasteiger partial charge in [-0.05, 0) is 79.4 Å². The number of ether oxygens (including phenoxy) is 4. The molecule has 0 radical (unpaired) electrons. The van der Waals surface area contributed by atoms with Gasteiger partial charge in [0.1, 0.15) is 11.5 Å². The average molecular weight is 517 g/mol. The first kappa shape index (κ1) is 28.0. The van der Waals surface area contributed by atoms with Crippen molar-refractivity contribution in [3.05, 3.63) is 96.1 Å². The molecule has 0 saturated heterocycles. The number of nitrogens with one attached hydrogen (secondary N) is 1. The van der Waals surface area contributed by atoms with E-state index in [1.807, 2.05) is 32.0 Å². The van der Waals surface area contributed by atoms with Crippen LogP contribution in [0.15, 0.2) is 84.5 Å². The zero-order chi connectivity index (χ0) is 27.2. The van der Waals surface area contributed by atoms with Crippen LogP contribution in [0.5, 0.6) is 23.0 Å². The fraction of sp³-hybridized carbons (Fsp3) is 0.233. The molecular weight excluding hydrogens is 484 g/mol. The quantitative estimate of drug-likeness (QED) is 0.102. The molecule has 8 heteroatoms. The Balaban J connectivity index is 1.58. The van der Waals surface area contributed by atoms with Gasteiger partial charge in [-0.3, -0.25) is 4.79 Å². The molecule has 0 unspecified atom stereocenters. The van der Waals surface area contributed by atoms with E-state index in [4.69, 9.17) is 18.9 Å². The number of nitrogens with zero attached hydrogens (tertiary/aromatic N) is 1. The minimum Gasteiger partial charge on any atom is -0.494 e. The number of rotatable bonds is 14. The fourth-order valence-corrected chi connectivity index (χ4v) is 3.35. The van der Waals surface area contributed by atoms with Crippen LogP contribution in [0, 0.1) is 0 Å². The number of benzene rings is 3. The predicted molar refractivity (Wildman–Crippen MR) is 146 cm³/mol. The van der Waals surface area contributed by atoms with E-state index in [9.17, 15) is 9.59 Å². The van der Waals surface area contributed by atoms with E-state index in [-0.39, 0.29) is 12.4 Å². The first-order valence-corrected chi connectivity index (χ1v) is 12.4. The van der Waals surface area contributed by atoms with Gasteiger partial charge >= 0.3 is 5.97 Å². The van der Waals surface area contributed by atoms with Crippen molar-refractivity contribution < 1.29 is 28.5 Å². The summed E-state index contributed by atoms with van der Waals surface area (Å²) >= 11 is 0. The lowest BCUT2D eigenvalue weighted by atomic mass is 10.1. The van der Waals surface area contributed by atoms with E-state index in [0.29, 0.717) is 48.0 Å². The summed E-state index contributed by atoms with van der Waals surface area (Å²) < 4.78 is 22.4. The SMILES string of the molecule is C=CCc1ccccc1OCC(=O)NN=Cc1ccc(OC(=O)c2ccc(OCCC)cc2)c(OCC)c1. The minimum atomic E-state index is -0.517. The highest BCUT2D eigenvalue weighted by atomic mass is 16.6. The van der Waals surface area contributed by atoms with Crippen molar-refractivity contribution in [1.29, 1.82) is 0 Å². The first-order valence-electron chi connectivity index (χ1n) is 12.4. The van der Waals surface area contributed by atoms with Gasteiger partial charge in [0.25, 0.3) is 5.91 Å². The van der Waals surface area contributed by atoms with Crippen molar-refractivity contribution >= 4 is 18.1 Å². The highest BCUT2D eigenvalue weighted by Crippen LogP contribution is 2.29. The maximum absolute atomic E-state index is 12.6. The predicted octanol–water partition coefficient (Wildman–Crippen LogP) is 5.35. The van der Waals surface area contributed by atoms with E-state index in [2.05, 4.69) is 17.1 Å². The second-order valence-electron chi connectivity index (χ2n) is 8.08. The number of hydrazone groups is 1. The van der Waals surface area contributed by atoms with Crippen LogP contribution >= 0.6 is 0 Å². The zero-order valence-electron chi connectivity index (χ0n) is 21.6. The van der Waals surface area contributed by atoms with Gasteiger partial charge in [-0.1, -0.05) is 31.2 Å². The van der Waals surface area contributed by atoms with Gasteiger partial charge in [0.05, 0.1) is 25.0 Å². The highest BCUT2D eigenvalue weighted by molar-refractivity contribution is 5.92. The Kier molecular flexibility index (Phi) is 10.9. The van der Waals surface area contributed by atoms with Gasteiger partial charge in [-0.2, -0.15) is 5.10 Å². The second-order valence-corrected chi connectivity index (χ2v) is 8.08. The second kappa shape index (κ2) is 14.8. The number of carbonyl (C=O) groups is 2. The molecule has 1 amide bonds. The van der Waals surface area contributed by atoms with Gasteiger partial charge in [-0.25, -0.2) is 10.2 Å². The molecule has 3 aromatic carbocycles. The average Bonchev–Trinajstić information content (AvgIpc) is 2.93. The van der Waals surface area contributed by atoms with Gasteiger partial charge in [0.2, 0.25) is 0 Å². The number of esters is 1. The number of allylic oxidation sites excluding steroid dienone is 1. The molecule has 0 fully saturated rings. The summed E-state index contributed by atoms with van der Waals surface area (Å²) in [6, 6.07) is 19.2. The van der Waals surface area contributed by atoms with Crippen LogP contribution in [-0.4, -0.2) is 37.9 Å². The van der Waals surface area contributed by atoms with Crippen molar-refractivity contribution in [3.8, 4) is 23.0 Å². The lowest BCUT2D eigenvalue weighted by Crippen LogP contribution is -2.24. The van der Waals surface area contributed by atoms with Crippen molar-refractivity contribution in [1.82, 2.24) is 5.43 Å². The maximum atomic E-state index is 12.6. The molecule has 3 rings (SSSR count). The fourth-order valence-electron chi connectivity index (χ4n) is 3.35. The lowest BCUT2D eigenvalue weighted by molar-refractivity contribution is -0.123. The number of carbonyl (C=O) groups excluding carboxylic acids is 2. The van der Waals surface area contributed by atoms with Gasteiger partial charge in [0, 0.05) is 0 Å². The molecule has 0 bridgehead atoms. The maximum Gasteiger partial charge on any atom is 0.343 e. The molecule has 198 valence electrons. The van der Waals surface area contributed by atoms with E-state index in [1.165, 1.54) is 6.21 Å². The highest BCUT2D eigenvalue weighted by Gasteiger charge is 2.14. The molecule has 8 nitrogen and oxygen atoms in total. The van der Waals surface area contributed by atoms with Crippen LogP contribution in [-0.2, 0) is 11.2 Å². The Hall–Kier alpha value is -4.59. The Bertz CT molecular complexity index is 1250. The molecular formula is C30H32N2O6. The summed E-state index contributed by atoms with van der Waals surface area (Å²) in [5.41, 5.74) is 4.41. The number of hydrogen-bond acceptors (Lipinski definition) is 7. The van der Waals surface area contributed by atoms with Gasteiger partial charge in [-0.15, -0.1) is 6.58 Å². The monoisotopic (exact) mass is 516 g/mol. The molecule has 0 aliphatic rings. The third-order valence-corrected chi connectivity index (χ3v) is 5.13. The van der Waals surface area contributed by atoms with Gasteiger partial charge < -0.3 is 18.9 Å². The summed E-state index contributed by atoms with van der Waals surface area (Å²) in [5, 5.41) is 3.99. The number of para-hydroxylation sites is 1. The summed E-state index contributed by atoms with van der Waals surface area (Å²) in [6.07, 6.45) is 4.78. The van der Waals surface area contributed by atoms with E-state index < -0.39 is 11.9 Å². The van der Waals surface area contributed by atoms with E-state index in [0.717, 1.165) is 12.0 Å². The van der Waals surface area contributed by atoms with Crippen LogP contribution in [0.1, 0.15) is 41.8 Å². The summed E-state index contributed by atoms with van der Waals surface area (Å²) in [4.78, 5) is 24.8. The largest absolute Gasteiger partial charge is 0.494 e. The Labute approximate surface area is 222 Å². The van der Waals surface area contributed by atoms with Crippen molar-refractivity contribution in [3.63, 3.8) is 0 Å². The topological polar surface area (TPSA) is 95.5 Å². The Morgan fingerprint density at radius 1 is 0.921 bits per heavy atom. The summed E-state index contributed by atoms with van der Waals surface area (Å²) in [5.74, 6) is 1.04. The molecule has 38 heavy (non-hydrogen) atoms.